The van der Waals surface area contributed by atoms with Crippen molar-refractivity contribution in [3.63, 3.8) is 0 Å². The minimum atomic E-state index is -1.22. The number of aromatic nitrogens is 4. The monoisotopic (exact) mass is 782 g/mol. The number of guanidine groups is 1. The zero-order valence-corrected chi connectivity index (χ0v) is 30.1. The third kappa shape index (κ3) is 13.7. The number of nitrogens with zero attached hydrogens (tertiary/aromatic N) is 5. The van der Waals surface area contributed by atoms with Crippen molar-refractivity contribution in [1.82, 2.24) is 46.5 Å². The molecule has 0 bridgehead atoms. The molecule has 2 heterocycles. The van der Waals surface area contributed by atoms with Crippen LogP contribution >= 0.6 is 0 Å². The molecule has 0 saturated heterocycles. The molecule has 0 saturated carbocycles. The van der Waals surface area contributed by atoms with E-state index in [-0.39, 0.29) is 68.3 Å². The van der Waals surface area contributed by atoms with E-state index in [4.69, 9.17) is 19.3 Å². The standard InChI is InChI=1S/C36H38N12O9/c49-27(39-18-28(50)51)19-48-23-40-29-30(42-34(52)55-20-24-10-4-1-5-11-24)41-32(43-31(29)48)37-16-17-38-33(44-46-35(53)56-21-25-12-6-2-7-13-25)45-47-36(54)57-22-26-14-8-3-9-15-26/h1-15,23H,16-22H2,(H,39,49)(H,46,53)(H,47,54)(H,50,51)(H2,38,44,45)(H2,37,41,42,43,52). The van der Waals surface area contributed by atoms with Gasteiger partial charge in [0.25, 0.3) is 0 Å². The summed E-state index contributed by atoms with van der Waals surface area (Å²) in [6, 6.07) is 27.1. The molecule has 2 aromatic heterocycles. The van der Waals surface area contributed by atoms with Crippen LogP contribution in [0.2, 0.25) is 0 Å². The summed E-state index contributed by atoms with van der Waals surface area (Å²) < 4.78 is 17.1. The average Bonchev–Trinajstić information content (AvgIpc) is 3.63. The van der Waals surface area contributed by atoms with Crippen LogP contribution in [0.5, 0.6) is 0 Å². The number of imidazole rings is 1. The maximum absolute atomic E-state index is 12.8. The van der Waals surface area contributed by atoms with E-state index >= 15 is 0 Å². The molecule has 0 atom stereocenters. The van der Waals surface area contributed by atoms with Crippen molar-refractivity contribution in [3.05, 3.63) is 114 Å². The molecule has 0 fully saturated rings. The van der Waals surface area contributed by atoms with Crippen molar-refractivity contribution in [2.24, 2.45) is 4.99 Å². The van der Waals surface area contributed by atoms with Crippen LogP contribution in [0, 0.1) is 0 Å². The van der Waals surface area contributed by atoms with Gasteiger partial charge in [-0.3, -0.25) is 25.8 Å². The number of carbonyl (C=O) groups excluding carboxylic acids is 4. The maximum atomic E-state index is 12.8. The molecule has 8 N–H and O–H groups in total. The molecule has 4 amide bonds. The Bertz CT molecular complexity index is 2090. The smallest absolute Gasteiger partial charge is 0.426 e. The van der Waals surface area contributed by atoms with E-state index in [1.807, 2.05) is 18.2 Å². The first-order chi connectivity index (χ1) is 27.7. The van der Waals surface area contributed by atoms with Gasteiger partial charge in [0, 0.05) is 6.54 Å². The third-order valence-electron chi connectivity index (χ3n) is 7.30. The van der Waals surface area contributed by atoms with Crippen LogP contribution in [0.3, 0.4) is 0 Å². The number of benzene rings is 3. The summed E-state index contributed by atoms with van der Waals surface area (Å²) in [7, 11) is 0. The number of nitrogens with one attached hydrogen (secondary N) is 7. The molecule has 296 valence electrons. The first-order valence-electron chi connectivity index (χ1n) is 17.1. The second-order valence-electron chi connectivity index (χ2n) is 11.6. The number of fused-ring (bicyclic) bond motifs is 1. The highest BCUT2D eigenvalue weighted by molar-refractivity contribution is 5.94. The number of aliphatic carboxylic acids is 1. The minimum Gasteiger partial charge on any atom is -0.480 e. The lowest BCUT2D eigenvalue weighted by Gasteiger charge is -2.14. The van der Waals surface area contributed by atoms with Crippen LogP contribution in [-0.2, 0) is 50.2 Å². The van der Waals surface area contributed by atoms with Crippen LogP contribution in [-0.4, -0.2) is 80.4 Å². The number of rotatable bonds is 15. The van der Waals surface area contributed by atoms with Crippen molar-refractivity contribution in [1.29, 1.82) is 0 Å². The van der Waals surface area contributed by atoms with Gasteiger partial charge in [-0.2, -0.15) is 9.97 Å². The second kappa shape index (κ2) is 21.1. The molecule has 0 aliphatic carbocycles. The van der Waals surface area contributed by atoms with E-state index in [0.717, 1.165) is 16.7 Å². The van der Waals surface area contributed by atoms with Crippen molar-refractivity contribution < 1.29 is 43.3 Å². The van der Waals surface area contributed by atoms with Crippen molar-refractivity contribution >= 4 is 59.0 Å². The normalized spacial score (nSPS) is 10.3. The Morgan fingerprint density at radius 2 is 1.21 bits per heavy atom. The molecule has 5 aromatic rings. The van der Waals surface area contributed by atoms with Crippen LogP contribution in [0.25, 0.3) is 11.2 Å². The van der Waals surface area contributed by atoms with E-state index < -0.39 is 36.7 Å². The van der Waals surface area contributed by atoms with E-state index in [9.17, 15) is 24.0 Å². The first kappa shape index (κ1) is 40.2. The van der Waals surface area contributed by atoms with E-state index in [1.54, 1.807) is 72.8 Å². The number of hydrazine groups is 2. The maximum Gasteiger partial charge on any atom is 0.426 e. The number of anilines is 2. The van der Waals surface area contributed by atoms with Crippen molar-refractivity contribution in [2.75, 3.05) is 30.3 Å². The number of amides is 4. The van der Waals surface area contributed by atoms with Gasteiger partial charge in [0.15, 0.2) is 17.0 Å². The summed E-state index contributed by atoms with van der Waals surface area (Å²) in [5, 5.41) is 16.7. The van der Waals surface area contributed by atoms with Gasteiger partial charge in [0.1, 0.15) is 32.9 Å². The fraction of sp³-hybridized carbons (Fsp3) is 0.194. The van der Waals surface area contributed by atoms with Gasteiger partial charge in [-0.15, -0.1) is 0 Å². The van der Waals surface area contributed by atoms with Gasteiger partial charge in [0.05, 0.1) is 12.9 Å². The fourth-order valence-electron chi connectivity index (χ4n) is 4.65. The van der Waals surface area contributed by atoms with Gasteiger partial charge in [-0.25, -0.2) is 35.2 Å². The van der Waals surface area contributed by atoms with Crippen molar-refractivity contribution in [2.45, 2.75) is 26.4 Å². The summed E-state index contributed by atoms with van der Waals surface area (Å²) in [6.07, 6.45) is -1.23. The molecule has 0 unspecified atom stereocenters. The van der Waals surface area contributed by atoms with Crippen molar-refractivity contribution in [3.8, 4) is 0 Å². The number of ether oxygens (including phenoxy) is 3. The molecule has 21 nitrogen and oxygen atoms in total. The van der Waals surface area contributed by atoms with E-state index in [0.29, 0.717) is 0 Å². The van der Waals surface area contributed by atoms with Gasteiger partial charge >= 0.3 is 24.2 Å². The summed E-state index contributed by atoms with van der Waals surface area (Å²) in [5.41, 5.74) is 12.3. The van der Waals surface area contributed by atoms with Crippen LogP contribution in [0.15, 0.2) is 102 Å². The van der Waals surface area contributed by atoms with Crippen LogP contribution in [0.1, 0.15) is 16.7 Å². The summed E-state index contributed by atoms with van der Waals surface area (Å²) in [4.78, 5) is 78.3. The molecule has 57 heavy (non-hydrogen) atoms. The molecule has 0 spiro atoms. The summed E-state index contributed by atoms with van der Waals surface area (Å²) in [6.45, 7) is -0.914. The minimum absolute atomic E-state index is 0.0000868. The predicted molar refractivity (Wildman–Crippen MR) is 203 cm³/mol. The Morgan fingerprint density at radius 1 is 0.684 bits per heavy atom. The SMILES string of the molecule is O=C(O)CNC(=O)Cn1cnc2c(NC(=O)OCc3ccccc3)nc(NCCN=C(NNC(=O)OCc3ccccc3)NNC(=O)OCc3ccccc3)nc21. The highest BCUT2D eigenvalue weighted by Crippen LogP contribution is 2.21. The molecular formula is C36H38N12O9. The molecule has 5 rings (SSSR count). The van der Waals surface area contributed by atoms with Gasteiger partial charge in [-0.05, 0) is 16.7 Å². The molecule has 0 aliphatic heterocycles. The molecule has 0 aliphatic rings. The molecule has 21 heteroatoms. The third-order valence-corrected chi connectivity index (χ3v) is 7.30. The predicted octanol–water partition coefficient (Wildman–Crippen LogP) is 2.41. The number of aliphatic imine (C=N–C) groups is 1. The topological polar surface area (TPSA) is 273 Å². The fourth-order valence-corrected chi connectivity index (χ4v) is 4.65. The second-order valence-corrected chi connectivity index (χ2v) is 11.6. The number of carboxylic acid groups (broad SMARTS) is 1. The largest absolute Gasteiger partial charge is 0.480 e. The number of carbonyl (C=O) groups is 5. The van der Waals surface area contributed by atoms with E-state index in [2.05, 4.69) is 57.6 Å². The van der Waals surface area contributed by atoms with Gasteiger partial charge in [-0.1, -0.05) is 91.0 Å². The number of hydrogen-bond donors (Lipinski definition) is 8. The lowest BCUT2D eigenvalue weighted by molar-refractivity contribution is -0.138. The van der Waals surface area contributed by atoms with Crippen LogP contribution in [0.4, 0.5) is 26.1 Å². The average molecular weight is 783 g/mol. The molecular weight excluding hydrogens is 744 g/mol. The Morgan fingerprint density at radius 3 is 1.74 bits per heavy atom. The Hall–Kier alpha value is -7.97. The Balaban J connectivity index is 1.25. The highest BCUT2D eigenvalue weighted by Gasteiger charge is 2.18. The quantitative estimate of drug-likeness (QED) is 0.0249. The Labute approximate surface area is 324 Å². The zero-order chi connectivity index (χ0) is 40.2. The zero-order valence-electron chi connectivity index (χ0n) is 30.1. The lowest BCUT2D eigenvalue weighted by Crippen LogP contribution is -2.53. The highest BCUT2D eigenvalue weighted by atomic mass is 16.6. The molecule has 3 aromatic carbocycles. The van der Waals surface area contributed by atoms with Gasteiger partial charge < -0.3 is 34.5 Å². The molecule has 0 radical (unpaired) electrons. The number of hydrogen-bond acceptors (Lipinski definition) is 13. The number of carboxylic acids is 1. The lowest BCUT2D eigenvalue weighted by atomic mass is 10.2. The Kier molecular flexibility index (Phi) is 14.9. The van der Waals surface area contributed by atoms with Crippen LogP contribution < -0.4 is 37.7 Å². The van der Waals surface area contributed by atoms with Gasteiger partial charge in [0.2, 0.25) is 17.8 Å². The first-order valence-corrected chi connectivity index (χ1v) is 17.1. The summed E-state index contributed by atoms with van der Waals surface area (Å²) >= 11 is 0. The summed E-state index contributed by atoms with van der Waals surface area (Å²) in [5.74, 6) is -2.03. The van der Waals surface area contributed by atoms with E-state index in [1.165, 1.54) is 10.9 Å².